The molecule has 0 saturated carbocycles. The molecule has 0 spiro atoms. The summed E-state index contributed by atoms with van der Waals surface area (Å²) >= 11 is 1.73. The minimum absolute atomic E-state index is 0.0639. The second-order valence-corrected chi connectivity index (χ2v) is 8.44. The van der Waals surface area contributed by atoms with Gasteiger partial charge in [-0.2, -0.15) is 0 Å². The number of rotatable bonds is 3. The molecule has 0 bridgehead atoms. The molecule has 1 aliphatic heterocycles. The Labute approximate surface area is 129 Å². The van der Waals surface area contributed by atoms with E-state index in [1.54, 1.807) is 30.0 Å². The molecule has 0 radical (unpaired) electrons. The minimum Gasteiger partial charge on any atom is -0.399 e. The summed E-state index contributed by atoms with van der Waals surface area (Å²) in [5.41, 5.74) is 8.34. The Hall–Kier alpha value is -1.46. The van der Waals surface area contributed by atoms with Gasteiger partial charge in [-0.3, -0.25) is 0 Å². The minimum atomic E-state index is -3.29. The SMILES string of the molecule is Cc1cc(S(=O)(=O)CC2CSc3ccccc32)ccc1N. The monoisotopic (exact) mass is 319 g/mol. The maximum atomic E-state index is 12.6. The molecular formula is C16H17NO2S2. The van der Waals surface area contributed by atoms with Gasteiger partial charge in [-0.25, -0.2) is 8.42 Å². The predicted octanol–water partition coefficient (Wildman–Crippen LogP) is 3.24. The van der Waals surface area contributed by atoms with Crippen molar-refractivity contribution in [2.24, 2.45) is 0 Å². The summed E-state index contributed by atoms with van der Waals surface area (Å²) in [4.78, 5) is 1.56. The van der Waals surface area contributed by atoms with Crippen LogP contribution >= 0.6 is 11.8 Å². The summed E-state index contributed by atoms with van der Waals surface area (Å²) in [6.45, 7) is 1.83. The Morgan fingerprint density at radius 2 is 2.00 bits per heavy atom. The molecule has 2 aromatic rings. The summed E-state index contributed by atoms with van der Waals surface area (Å²) < 4.78 is 25.2. The molecule has 3 rings (SSSR count). The second-order valence-electron chi connectivity index (χ2n) is 5.35. The Morgan fingerprint density at radius 1 is 1.24 bits per heavy atom. The van der Waals surface area contributed by atoms with Crippen LogP contribution in [0.5, 0.6) is 0 Å². The number of aryl methyl sites for hydroxylation is 1. The van der Waals surface area contributed by atoms with E-state index in [4.69, 9.17) is 5.73 Å². The fraction of sp³-hybridized carbons (Fsp3) is 0.250. The first kappa shape index (κ1) is 14.5. The van der Waals surface area contributed by atoms with Crippen molar-refractivity contribution in [1.29, 1.82) is 0 Å². The summed E-state index contributed by atoms with van der Waals surface area (Å²) in [5, 5.41) is 0. The van der Waals surface area contributed by atoms with Gasteiger partial charge in [0.25, 0.3) is 0 Å². The van der Waals surface area contributed by atoms with Crippen LogP contribution in [0.2, 0.25) is 0 Å². The lowest BCUT2D eigenvalue weighted by Gasteiger charge is -2.12. The standard InChI is InChI=1S/C16H17NO2S2/c1-11-8-13(6-7-15(11)17)21(18,19)10-12-9-20-16-5-3-2-4-14(12)16/h2-8,12H,9-10,17H2,1H3. The zero-order chi connectivity index (χ0) is 15.0. The molecule has 2 aromatic carbocycles. The maximum absolute atomic E-state index is 12.6. The number of hydrogen-bond acceptors (Lipinski definition) is 4. The molecule has 1 heterocycles. The van der Waals surface area contributed by atoms with Crippen LogP contribution in [0.25, 0.3) is 0 Å². The molecule has 0 fully saturated rings. The van der Waals surface area contributed by atoms with E-state index in [9.17, 15) is 8.42 Å². The lowest BCUT2D eigenvalue weighted by atomic mass is 10.0. The highest BCUT2D eigenvalue weighted by Gasteiger charge is 2.28. The van der Waals surface area contributed by atoms with Crippen molar-refractivity contribution in [1.82, 2.24) is 0 Å². The number of anilines is 1. The van der Waals surface area contributed by atoms with Crippen molar-refractivity contribution >= 4 is 27.3 Å². The highest BCUT2D eigenvalue weighted by atomic mass is 32.2. The molecular weight excluding hydrogens is 302 g/mol. The van der Waals surface area contributed by atoms with E-state index in [0.29, 0.717) is 10.6 Å². The van der Waals surface area contributed by atoms with Crippen LogP contribution in [0.3, 0.4) is 0 Å². The first-order chi connectivity index (χ1) is 9.97. The summed E-state index contributed by atoms with van der Waals surface area (Å²) in [5.74, 6) is 1.04. The van der Waals surface area contributed by atoms with E-state index in [-0.39, 0.29) is 11.7 Å². The number of sulfone groups is 1. The van der Waals surface area contributed by atoms with E-state index in [2.05, 4.69) is 6.07 Å². The van der Waals surface area contributed by atoms with Gasteiger partial charge < -0.3 is 5.73 Å². The lowest BCUT2D eigenvalue weighted by molar-refractivity contribution is 0.591. The summed E-state index contributed by atoms with van der Waals surface area (Å²) in [7, 11) is -3.29. The highest BCUT2D eigenvalue weighted by Crippen LogP contribution is 2.40. The zero-order valence-corrected chi connectivity index (χ0v) is 13.4. The van der Waals surface area contributed by atoms with Crippen LogP contribution in [0.1, 0.15) is 17.0 Å². The third-order valence-electron chi connectivity index (χ3n) is 3.82. The van der Waals surface area contributed by atoms with Crippen LogP contribution in [0.15, 0.2) is 52.3 Å². The molecule has 0 aliphatic carbocycles. The topological polar surface area (TPSA) is 60.2 Å². The molecule has 21 heavy (non-hydrogen) atoms. The van der Waals surface area contributed by atoms with E-state index in [1.165, 1.54) is 4.90 Å². The molecule has 1 aliphatic rings. The Balaban J connectivity index is 1.89. The van der Waals surface area contributed by atoms with Gasteiger partial charge in [0.05, 0.1) is 10.6 Å². The number of fused-ring (bicyclic) bond motifs is 1. The van der Waals surface area contributed by atoms with Crippen LogP contribution < -0.4 is 5.73 Å². The van der Waals surface area contributed by atoms with Gasteiger partial charge in [0, 0.05) is 22.3 Å². The molecule has 2 N–H and O–H groups in total. The second kappa shape index (κ2) is 5.39. The fourth-order valence-electron chi connectivity index (χ4n) is 2.57. The lowest BCUT2D eigenvalue weighted by Crippen LogP contribution is -2.15. The molecule has 5 heteroatoms. The van der Waals surface area contributed by atoms with Crippen LogP contribution in [-0.4, -0.2) is 19.9 Å². The number of benzene rings is 2. The van der Waals surface area contributed by atoms with Crippen molar-refractivity contribution < 1.29 is 8.42 Å². The van der Waals surface area contributed by atoms with E-state index in [1.807, 2.05) is 25.1 Å². The molecule has 110 valence electrons. The molecule has 3 nitrogen and oxygen atoms in total. The van der Waals surface area contributed by atoms with Gasteiger partial charge in [-0.1, -0.05) is 18.2 Å². The third kappa shape index (κ3) is 2.80. The fourth-order valence-corrected chi connectivity index (χ4v) is 5.62. The van der Waals surface area contributed by atoms with Crippen molar-refractivity contribution in [3.8, 4) is 0 Å². The summed E-state index contributed by atoms with van der Waals surface area (Å²) in [6, 6.07) is 13.0. The molecule has 0 aromatic heterocycles. The molecule has 1 unspecified atom stereocenters. The smallest absolute Gasteiger partial charge is 0.179 e. The third-order valence-corrected chi connectivity index (χ3v) is 6.89. The number of nitrogen functional groups attached to an aromatic ring is 1. The highest BCUT2D eigenvalue weighted by molar-refractivity contribution is 7.99. The largest absolute Gasteiger partial charge is 0.399 e. The number of thioether (sulfide) groups is 1. The summed E-state index contributed by atoms with van der Waals surface area (Å²) in [6.07, 6.45) is 0. The molecule has 1 atom stereocenters. The van der Waals surface area contributed by atoms with Gasteiger partial charge >= 0.3 is 0 Å². The van der Waals surface area contributed by atoms with Gasteiger partial charge in [0.1, 0.15) is 0 Å². The van der Waals surface area contributed by atoms with Crippen molar-refractivity contribution in [3.05, 3.63) is 53.6 Å². The molecule has 0 saturated heterocycles. The van der Waals surface area contributed by atoms with Crippen molar-refractivity contribution in [2.45, 2.75) is 22.6 Å². The van der Waals surface area contributed by atoms with Crippen molar-refractivity contribution in [2.75, 3.05) is 17.2 Å². The average Bonchev–Trinajstić information content (AvgIpc) is 2.85. The van der Waals surface area contributed by atoms with Gasteiger partial charge in [-0.05, 0) is 42.3 Å². The Kier molecular flexibility index (Phi) is 3.71. The van der Waals surface area contributed by atoms with Crippen molar-refractivity contribution in [3.63, 3.8) is 0 Å². The first-order valence-corrected chi connectivity index (χ1v) is 9.42. The van der Waals surface area contributed by atoms with Crippen LogP contribution in [0.4, 0.5) is 5.69 Å². The number of hydrogen-bond donors (Lipinski definition) is 1. The Bertz CT molecular complexity index is 785. The van der Waals surface area contributed by atoms with Gasteiger partial charge in [0.15, 0.2) is 9.84 Å². The van der Waals surface area contributed by atoms with E-state index < -0.39 is 9.84 Å². The number of nitrogens with two attached hydrogens (primary N) is 1. The van der Waals surface area contributed by atoms with E-state index >= 15 is 0 Å². The Morgan fingerprint density at radius 3 is 2.76 bits per heavy atom. The molecule has 0 amide bonds. The first-order valence-electron chi connectivity index (χ1n) is 6.78. The van der Waals surface area contributed by atoms with E-state index in [0.717, 1.165) is 16.9 Å². The normalized spacial score (nSPS) is 17.7. The van der Waals surface area contributed by atoms with Gasteiger partial charge in [-0.15, -0.1) is 11.8 Å². The average molecular weight is 319 g/mol. The quantitative estimate of drug-likeness (QED) is 0.882. The van der Waals surface area contributed by atoms with Crippen LogP contribution in [0, 0.1) is 6.92 Å². The van der Waals surface area contributed by atoms with Crippen LogP contribution in [-0.2, 0) is 9.84 Å². The predicted molar refractivity (Wildman–Crippen MR) is 87.6 cm³/mol. The zero-order valence-electron chi connectivity index (χ0n) is 11.7. The maximum Gasteiger partial charge on any atom is 0.179 e. The van der Waals surface area contributed by atoms with Gasteiger partial charge in [0.2, 0.25) is 0 Å².